The van der Waals surface area contributed by atoms with E-state index < -0.39 is 82.0 Å². The third-order valence-electron chi connectivity index (χ3n) is 19.9. The maximum atomic E-state index is 13.7. The predicted octanol–water partition coefficient (Wildman–Crippen LogP) is 14.3. The molecule has 92 heavy (non-hydrogen) atoms. The second-order valence-corrected chi connectivity index (χ2v) is 25.7. The molecule has 6 saturated heterocycles. The molecule has 0 saturated carbocycles. The number of furan rings is 2. The van der Waals surface area contributed by atoms with Crippen LogP contribution < -0.4 is 0 Å². The lowest BCUT2D eigenvalue weighted by atomic mass is 9.77. The molecule has 0 bridgehead atoms. The van der Waals surface area contributed by atoms with Crippen LogP contribution in [0.4, 0.5) is 52.7 Å². The van der Waals surface area contributed by atoms with Crippen molar-refractivity contribution in [3.63, 3.8) is 0 Å². The van der Waals surface area contributed by atoms with Crippen molar-refractivity contribution in [1.82, 2.24) is 29.4 Å². The van der Waals surface area contributed by atoms with Gasteiger partial charge >= 0.3 is 24.7 Å². The van der Waals surface area contributed by atoms with Crippen LogP contribution in [0.1, 0.15) is 139 Å². The lowest BCUT2D eigenvalue weighted by Crippen LogP contribution is -2.55. The molecule has 4 aromatic carbocycles. The van der Waals surface area contributed by atoms with Crippen molar-refractivity contribution in [2.75, 3.05) is 65.4 Å². The number of piperidine rings is 4. The zero-order valence-corrected chi connectivity index (χ0v) is 50.2. The number of rotatable bonds is 10. The first-order valence-corrected chi connectivity index (χ1v) is 31.0. The largest absolute Gasteiger partial charge is 0.472 e. The molecule has 2 spiro atoms. The molecule has 4 atom stereocenters. The molecule has 24 heteroatoms. The van der Waals surface area contributed by atoms with E-state index in [-0.39, 0.29) is 60.0 Å². The van der Waals surface area contributed by atoms with Gasteiger partial charge in [-0.05, 0) is 174 Å². The highest BCUT2D eigenvalue weighted by Crippen LogP contribution is 2.46. The van der Waals surface area contributed by atoms with E-state index in [1.54, 1.807) is 12.1 Å². The summed E-state index contributed by atoms with van der Waals surface area (Å²) in [7, 11) is 0. The van der Waals surface area contributed by atoms with Crippen molar-refractivity contribution in [2.24, 2.45) is 10.8 Å². The zero-order valence-electron chi connectivity index (χ0n) is 50.2. The molecule has 12 rings (SSSR count). The van der Waals surface area contributed by atoms with E-state index in [9.17, 15) is 71.9 Å². The Morgan fingerprint density at radius 3 is 1.03 bits per heavy atom. The van der Waals surface area contributed by atoms with Gasteiger partial charge in [-0.15, -0.1) is 0 Å². The van der Waals surface area contributed by atoms with Crippen molar-refractivity contribution in [3.05, 3.63) is 190 Å². The molecule has 0 aliphatic carbocycles. The third-order valence-corrected chi connectivity index (χ3v) is 19.9. The summed E-state index contributed by atoms with van der Waals surface area (Å²) in [6.07, 6.45) is -5.72. The number of benzene rings is 4. The van der Waals surface area contributed by atoms with Gasteiger partial charge < -0.3 is 38.2 Å². The van der Waals surface area contributed by atoms with E-state index in [4.69, 9.17) is 8.83 Å². The topological polar surface area (TPSA) is 114 Å². The van der Waals surface area contributed by atoms with Crippen LogP contribution in [0.3, 0.4) is 0 Å². The number of nitrogens with zero attached hydrogens (tertiary/aromatic N) is 6. The normalized spacial score (nSPS) is 22.4. The maximum Gasteiger partial charge on any atom is 0.416 e. The highest BCUT2D eigenvalue weighted by atomic mass is 19.4. The van der Waals surface area contributed by atoms with Gasteiger partial charge in [0.15, 0.2) is 0 Å². The Bertz CT molecular complexity index is 3230. The van der Waals surface area contributed by atoms with Crippen LogP contribution >= 0.6 is 0 Å². The summed E-state index contributed by atoms with van der Waals surface area (Å²) in [5.41, 5.74) is -4.22. The smallest absolute Gasteiger partial charge is 0.416 e. The van der Waals surface area contributed by atoms with Crippen molar-refractivity contribution in [3.8, 4) is 0 Å². The molecule has 2 aromatic heterocycles. The molecule has 0 radical (unpaired) electrons. The van der Waals surface area contributed by atoms with Crippen molar-refractivity contribution in [1.29, 1.82) is 0 Å². The molecule has 12 nitrogen and oxygen atoms in total. The first-order valence-electron chi connectivity index (χ1n) is 31.0. The molecular weight excluding hydrogens is 1220 g/mol. The molecule has 492 valence electrons. The highest BCUT2D eigenvalue weighted by molar-refractivity contribution is 5.96. The van der Waals surface area contributed by atoms with E-state index in [0.29, 0.717) is 100 Å². The fourth-order valence-corrected chi connectivity index (χ4v) is 14.8. The Labute approximate surface area is 524 Å². The van der Waals surface area contributed by atoms with Gasteiger partial charge in [-0.1, -0.05) is 60.7 Å². The van der Waals surface area contributed by atoms with E-state index in [1.807, 2.05) is 70.5 Å². The fraction of sp³-hybridized carbons (Fsp3) is 0.471. The molecule has 8 heterocycles. The second-order valence-electron chi connectivity index (χ2n) is 25.7. The quantitative estimate of drug-likeness (QED) is 0.125. The summed E-state index contributed by atoms with van der Waals surface area (Å²) in [5.74, 6) is -1.72. The minimum Gasteiger partial charge on any atom is -0.472 e. The van der Waals surface area contributed by atoms with Gasteiger partial charge in [0.25, 0.3) is 23.6 Å². The van der Waals surface area contributed by atoms with Crippen molar-refractivity contribution in [2.45, 2.75) is 126 Å². The minimum absolute atomic E-state index is 0.0306. The first kappa shape index (κ1) is 65.9. The van der Waals surface area contributed by atoms with Crippen LogP contribution in [0.25, 0.3) is 0 Å². The average Bonchev–Trinajstić information content (AvgIpc) is 1.27. The van der Waals surface area contributed by atoms with Crippen molar-refractivity contribution < 1.29 is 80.7 Å². The van der Waals surface area contributed by atoms with Gasteiger partial charge in [0.1, 0.15) is 12.5 Å². The van der Waals surface area contributed by atoms with Crippen LogP contribution in [-0.4, -0.2) is 143 Å². The van der Waals surface area contributed by atoms with Gasteiger partial charge in [0.2, 0.25) is 0 Å². The fourth-order valence-electron chi connectivity index (χ4n) is 14.8. The van der Waals surface area contributed by atoms with E-state index >= 15 is 0 Å². The van der Waals surface area contributed by atoms with Gasteiger partial charge in [-0.3, -0.25) is 19.2 Å². The molecule has 4 unspecified atom stereocenters. The maximum absolute atomic E-state index is 13.7. The number of hydrogen-bond donors (Lipinski definition) is 0. The van der Waals surface area contributed by atoms with Gasteiger partial charge in [0, 0.05) is 74.6 Å². The van der Waals surface area contributed by atoms with Crippen LogP contribution in [0.15, 0.2) is 143 Å². The van der Waals surface area contributed by atoms with Gasteiger partial charge in [0.05, 0.1) is 45.9 Å². The Morgan fingerprint density at radius 1 is 0.402 bits per heavy atom. The Hall–Kier alpha value is -7.60. The number of alkyl halides is 12. The van der Waals surface area contributed by atoms with Gasteiger partial charge in [-0.25, -0.2) is 0 Å². The first-order chi connectivity index (χ1) is 43.6. The van der Waals surface area contributed by atoms with Crippen LogP contribution in [0.2, 0.25) is 0 Å². The molecule has 4 amide bonds. The molecular formula is C68H70F12N6O6. The molecule has 0 N–H and O–H groups in total. The van der Waals surface area contributed by atoms with Gasteiger partial charge in [-0.2, -0.15) is 52.7 Å². The second kappa shape index (κ2) is 26.4. The minimum atomic E-state index is -5.04. The summed E-state index contributed by atoms with van der Waals surface area (Å²) in [4.78, 5) is 64.7. The SMILES string of the molecule is O=C(c1ccoc1)N1CCC2(CCN(C3CCN(C(=O)c4cc(C(F)(F)F)cc(C(F)(F)F)c4)C(Cc4ccccc4)C3)CC2)C1.O=C(c1ccoc1)N1CCC2(CCN(C3CCN(C(=O)c4cc(C(F)(F)F)cc(C(F)(F)F)c4)C(Cc4ccccc4)C3)CC2)C1. The summed E-state index contributed by atoms with van der Waals surface area (Å²) in [5, 5.41) is 0. The van der Waals surface area contributed by atoms with E-state index in [1.165, 1.54) is 34.9 Å². The highest BCUT2D eigenvalue weighted by Gasteiger charge is 2.48. The van der Waals surface area contributed by atoms with E-state index in [2.05, 4.69) is 9.80 Å². The number of carbonyl (C=O) groups excluding carboxylic acids is 4. The average molecular weight is 1300 g/mol. The van der Waals surface area contributed by atoms with Crippen LogP contribution in [0, 0.1) is 10.8 Å². The number of hydrogen-bond acceptors (Lipinski definition) is 8. The summed E-state index contributed by atoms with van der Waals surface area (Å²) < 4.78 is 173. The Kier molecular flexibility index (Phi) is 18.9. The lowest BCUT2D eigenvalue weighted by molar-refractivity contribution is -0.144. The molecule has 6 aromatic rings. The Morgan fingerprint density at radius 2 is 0.728 bits per heavy atom. The zero-order chi connectivity index (χ0) is 65.4. The molecule has 6 fully saturated rings. The van der Waals surface area contributed by atoms with Crippen LogP contribution in [0.5, 0.6) is 0 Å². The van der Waals surface area contributed by atoms with Crippen molar-refractivity contribution >= 4 is 23.6 Å². The summed E-state index contributed by atoms with van der Waals surface area (Å²) in [6, 6.07) is 23.7. The predicted molar refractivity (Wildman–Crippen MR) is 314 cm³/mol. The number of amides is 4. The summed E-state index contributed by atoms with van der Waals surface area (Å²) in [6.45, 7) is 6.43. The number of carbonyl (C=O) groups is 4. The lowest BCUT2D eigenvalue weighted by Gasteiger charge is -2.47. The number of likely N-dealkylation sites (tertiary alicyclic amines) is 6. The summed E-state index contributed by atoms with van der Waals surface area (Å²) >= 11 is 0. The van der Waals surface area contributed by atoms with E-state index in [0.717, 1.165) is 75.8 Å². The molecule has 6 aliphatic rings. The Balaban J connectivity index is 0.000000188. The molecule has 6 aliphatic heterocycles. The van der Waals surface area contributed by atoms with Crippen LogP contribution in [-0.2, 0) is 37.5 Å². The number of halogens is 12. The third kappa shape index (κ3) is 15.1. The standard InChI is InChI=1S/2C34H35F6N3O3/c2*35-33(36,37)26-17-25(18-27(19-26)34(38,39)40)31(45)43-11-6-28(20-29(43)16-23-4-2-1-3-5-23)41-12-8-32(9-13-41)10-14-42(22-32)30(44)24-7-15-46-21-24/h2*1-5,7,15,17-19,21,28-29H,6,8-14,16,20,22H2. The monoisotopic (exact) mass is 1290 g/mol.